The van der Waals surface area contributed by atoms with Crippen LogP contribution in [-0.2, 0) is 17.6 Å². The molecule has 0 aliphatic rings. The maximum atomic E-state index is 4.97. The summed E-state index contributed by atoms with van der Waals surface area (Å²) in [7, 11) is 1.69. The number of aryl methyl sites for hydroxylation is 2. The van der Waals surface area contributed by atoms with Crippen molar-refractivity contribution in [1.82, 2.24) is 9.36 Å². The molecule has 0 saturated heterocycles. The Hall–Kier alpha value is -1.46. The van der Waals surface area contributed by atoms with Crippen LogP contribution in [0, 0.1) is 0 Å². The fraction of sp³-hybridized carbons (Fsp3) is 0.385. The van der Waals surface area contributed by atoms with Gasteiger partial charge in [0.05, 0.1) is 6.61 Å². The summed E-state index contributed by atoms with van der Waals surface area (Å²) >= 11 is 1.41. The highest BCUT2D eigenvalue weighted by Gasteiger charge is 2.03. The van der Waals surface area contributed by atoms with E-state index in [1.54, 1.807) is 7.11 Å². The third-order valence-corrected chi connectivity index (χ3v) is 3.24. The molecular formula is C13H17N3OS. The zero-order valence-electron chi connectivity index (χ0n) is 10.4. The summed E-state index contributed by atoms with van der Waals surface area (Å²) in [5.41, 5.74) is 1.32. The largest absolute Gasteiger partial charge is 0.383 e. The molecule has 0 aliphatic heterocycles. The van der Waals surface area contributed by atoms with E-state index in [9.17, 15) is 0 Å². The number of nitrogens with one attached hydrogen (secondary N) is 1. The average Bonchev–Trinajstić information content (AvgIpc) is 2.86. The molecule has 1 N–H and O–H groups in total. The normalized spacial score (nSPS) is 10.5. The van der Waals surface area contributed by atoms with Crippen LogP contribution in [0.5, 0.6) is 0 Å². The lowest BCUT2D eigenvalue weighted by Gasteiger charge is -1.99. The molecule has 0 bridgehead atoms. The van der Waals surface area contributed by atoms with E-state index in [-0.39, 0.29) is 0 Å². The summed E-state index contributed by atoms with van der Waals surface area (Å²) in [6.45, 7) is 1.45. The lowest BCUT2D eigenvalue weighted by Crippen LogP contribution is -2.07. The van der Waals surface area contributed by atoms with Gasteiger partial charge in [-0.05, 0) is 12.0 Å². The molecule has 1 aromatic heterocycles. The van der Waals surface area contributed by atoms with Crippen molar-refractivity contribution in [3.63, 3.8) is 0 Å². The fourth-order valence-corrected chi connectivity index (χ4v) is 2.22. The average molecular weight is 263 g/mol. The second-order valence-corrected chi connectivity index (χ2v) is 4.67. The van der Waals surface area contributed by atoms with E-state index in [0.29, 0.717) is 6.61 Å². The summed E-state index contributed by atoms with van der Waals surface area (Å²) in [5, 5.41) is 4.05. The van der Waals surface area contributed by atoms with Gasteiger partial charge in [-0.3, -0.25) is 0 Å². The van der Waals surface area contributed by atoms with Crippen molar-refractivity contribution in [2.45, 2.75) is 12.8 Å². The van der Waals surface area contributed by atoms with Gasteiger partial charge in [0, 0.05) is 31.6 Å². The number of ether oxygens (including phenoxy) is 1. The van der Waals surface area contributed by atoms with Gasteiger partial charge in [0.1, 0.15) is 5.82 Å². The summed E-state index contributed by atoms with van der Waals surface area (Å²) in [4.78, 5) is 4.44. The summed E-state index contributed by atoms with van der Waals surface area (Å²) < 4.78 is 9.31. The number of hydrogen-bond donors (Lipinski definition) is 1. The Morgan fingerprint density at radius 3 is 2.83 bits per heavy atom. The van der Waals surface area contributed by atoms with Gasteiger partial charge in [0.2, 0.25) is 5.13 Å². The Labute approximate surface area is 111 Å². The lowest BCUT2D eigenvalue weighted by atomic mass is 10.1. The maximum Gasteiger partial charge on any atom is 0.202 e. The van der Waals surface area contributed by atoms with Crippen molar-refractivity contribution in [1.29, 1.82) is 0 Å². The number of nitrogens with zero attached hydrogens (tertiary/aromatic N) is 2. The molecule has 0 radical (unpaired) electrons. The van der Waals surface area contributed by atoms with Gasteiger partial charge in [0.25, 0.3) is 0 Å². The smallest absolute Gasteiger partial charge is 0.202 e. The van der Waals surface area contributed by atoms with Crippen molar-refractivity contribution < 1.29 is 4.74 Å². The van der Waals surface area contributed by atoms with E-state index in [1.165, 1.54) is 17.1 Å². The highest BCUT2D eigenvalue weighted by molar-refractivity contribution is 7.09. The Morgan fingerprint density at radius 1 is 1.22 bits per heavy atom. The maximum absolute atomic E-state index is 4.97. The minimum atomic E-state index is 0.679. The van der Waals surface area contributed by atoms with Crippen LogP contribution < -0.4 is 5.32 Å². The number of rotatable bonds is 7. The molecule has 96 valence electrons. The van der Waals surface area contributed by atoms with E-state index >= 15 is 0 Å². The van der Waals surface area contributed by atoms with E-state index in [2.05, 4.69) is 38.9 Å². The standard InChI is InChI=1S/C13H17N3OS/c1-17-10-9-14-13-15-12(16-18-13)8-7-11-5-3-2-4-6-11/h2-6H,7-10H2,1H3,(H,14,15,16). The van der Waals surface area contributed by atoms with Gasteiger partial charge >= 0.3 is 0 Å². The van der Waals surface area contributed by atoms with Gasteiger partial charge < -0.3 is 10.1 Å². The molecule has 2 aromatic rings. The van der Waals surface area contributed by atoms with E-state index < -0.39 is 0 Å². The van der Waals surface area contributed by atoms with Crippen molar-refractivity contribution in [2.75, 3.05) is 25.6 Å². The van der Waals surface area contributed by atoms with Gasteiger partial charge in [-0.1, -0.05) is 30.3 Å². The molecule has 0 amide bonds. The van der Waals surface area contributed by atoms with Crippen LogP contribution in [0.3, 0.4) is 0 Å². The van der Waals surface area contributed by atoms with Crippen LogP contribution in [0.25, 0.3) is 0 Å². The molecule has 4 nitrogen and oxygen atoms in total. The molecule has 0 aliphatic carbocycles. The Kier molecular flexibility index (Phi) is 5.11. The highest BCUT2D eigenvalue weighted by atomic mass is 32.1. The quantitative estimate of drug-likeness (QED) is 0.779. The molecule has 0 unspecified atom stereocenters. The van der Waals surface area contributed by atoms with Crippen molar-refractivity contribution in [2.24, 2.45) is 0 Å². The van der Waals surface area contributed by atoms with Gasteiger partial charge in [-0.2, -0.15) is 4.37 Å². The molecule has 2 rings (SSSR count). The second-order valence-electron chi connectivity index (χ2n) is 3.92. The predicted octanol–water partition coefficient (Wildman–Crippen LogP) is 2.38. The number of aromatic nitrogens is 2. The first kappa shape index (κ1) is 13.0. The zero-order valence-corrected chi connectivity index (χ0v) is 11.2. The SMILES string of the molecule is COCCNc1nc(CCc2ccccc2)ns1. The molecule has 0 spiro atoms. The molecule has 1 heterocycles. The summed E-state index contributed by atoms with van der Waals surface area (Å²) in [5.74, 6) is 0.906. The Morgan fingerprint density at radius 2 is 2.06 bits per heavy atom. The molecule has 0 fully saturated rings. The lowest BCUT2D eigenvalue weighted by molar-refractivity contribution is 0.211. The molecule has 0 atom stereocenters. The van der Waals surface area contributed by atoms with Crippen molar-refractivity contribution in [3.8, 4) is 0 Å². The third kappa shape index (κ3) is 4.09. The van der Waals surface area contributed by atoms with E-state index in [0.717, 1.165) is 30.3 Å². The van der Waals surface area contributed by atoms with E-state index in [1.807, 2.05) is 6.07 Å². The predicted molar refractivity (Wildman–Crippen MR) is 74.1 cm³/mol. The number of benzene rings is 1. The van der Waals surface area contributed by atoms with Crippen LogP contribution in [0.2, 0.25) is 0 Å². The number of methoxy groups -OCH3 is 1. The molecular weight excluding hydrogens is 246 g/mol. The van der Waals surface area contributed by atoms with Crippen LogP contribution in [0.15, 0.2) is 30.3 Å². The third-order valence-electron chi connectivity index (χ3n) is 2.53. The Bertz CT molecular complexity index is 458. The number of anilines is 1. The summed E-state index contributed by atoms with van der Waals surface area (Å²) in [6.07, 6.45) is 1.86. The van der Waals surface area contributed by atoms with Crippen LogP contribution in [-0.4, -0.2) is 29.6 Å². The topological polar surface area (TPSA) is 47.0 Å². The van der Waals surface area contributed by atoms with Crippen LogP contribution in [0.4, 0.5) is 5.13 Å². The molecule has 18 heavy (non-hydrogen) atoms. The monoisotopic (exact) mass is 263 g/mol. The van der Waals surface area contributed by atoms with Crippen LogP contribution in [0.1, 0.15) is 11.4 Å². The zero-order chi connectivity index (χ0) is 12.6. The van der Waals surface area contributed by atoms with Gasteiger partial charge in [-0.15, -0.1) is 0 Å². The highest BCUT2D eigenvalue weighted by Crippen LogP contribution is 2.12. The number of hydrogen-bond acceptors (Lipinski definition) is 5. The molecule has 1 aromatic carbocycles. The van der Waals surface area contributed by atoms with Crippen molar-refractivity contribution in [3.05, 3.63) is 41.7 Å². The van der Waals surface area contributed by atoms with Crippen molar-refractivity contribution >= 4 is 16.7 Å². The molecule has 0 saturated carbocycles. The second kappa shape index (κ2) is 7.08. The molecule has 5 heteroatoms. The first-order valence-corrected chi connectivity index (χ1v) is 6.75. The van der Waals surface area contributed by atoms with Crippen LogP contribution >= 0.6 is 11.5 Å². The Balaban J connectivity index is 1.80. The first-order valence-electron chi connectivity index (χ1n) is 5.98. The summed E-state index contributed by atoms with van der Waals surface area (Å²) in [6, 6.07) is 10.4. The van der Waals surface area contributed by atoms with E-state index in [4.69, 9.17) is 4.74 Å². The minimum Gasteiger partial charge on any atom is -0.383 e. The minimum absolute atomic E-state index is 0.679. The first-order chi connectivity index (χ1) is 8.88. The fourth-order valence-electron chi connectivity index (χ4n) is 1.59. The van der Waals surface area contributed by atoms with Gasteiger partial charge in [0.15, 0.2) is 0 Å². The van der Waals surface area contributed by atoms with Gasteiger partial charge in [-0.25, -0.2) is 4.98 Å².